The number of furan rings is 1. The van der Waals surface area contributed by atoms with E-state index in [1.807, 2.05) is 42.5 Å². The van der Waals surface area contributed by atoms with Gasteiger partial charge in [-0.05, 0) is 47.2 Å². The molecule has 0 spiro atoms. The number of hydrazone groups is 1. The summed E-state index contributed by atoms with van der Waals surface area (Å²) < 4.78 is 11.2. The van der Waals surface area contributed by atoms with Gasteiger partial charge in [0.2, 0.25) is 0 Å². The van der Waals surface area contributed by atoms with Crippen LogP contribution < -0.4 is 10.2 Å². The Morgan fingerprint density at radius 3 is 2.70 bits per heavy atom. The highest BCUT2D eigenvalue weighted by Gasteiger charge is 2.10. The minimum Gasteiger partial charge on any atom is -0.484 e. The fraction of sp³-hybridized carbons (Fsp3) is 0.0435. The molecule has 0 aliphatic rings. The van der Waals surface area contributed by atoms with Crippen LogP contribution in [0, 0.1) is 0 Å². The number of halogens is 2. The zero-order valence-corrected chi connectivity index (χ0v) is 17.2. The number of hydrogen-bond donors (Lipinski definition) is 1. The standard InChI is InChI=1S/C23H16Cl2N2O3/c24-20-7-3-6-19(23(20)25)21-11-10-18(30-21)13-26-27-22(28)14-29-17-9-8-15-4-1-2-5-16(15)12-17/h1-13H,14H2,(H,27,28)/b26-13-. The summed E-state index contributed by atoms with van der Waals surface area (Å²) in [6.07, 6.45) is 1.40. The van der Waals surface area contributed by atoms with Crippen LogP contribution in [-0.2, 0) is 4.79 Å². The Hall–Kier alpha value is -3.28. The molecule has 7 heteroatoms. The summed E-state index contributed by atoms with van der Waals surface area (Å²) in [4.78, 5) is 12.0. The van der Waals surface area contributed by atoms with E-state index < -0.39 is 0 Å². The van der Waals surface area contributed by atoms with Gasteiger partial charge in [-0.1, -0.05) is 59.6 Å². The number of carbonyl (C=O) groups excluding carboxylic acids is 1. The number of rotatable bonds is 6. The molecular formula is C23H16Cl2N2O3. The van der Waals surface area contributed by atoms with E-state index in [4.69, 9.17) is 32.4 Å². The van der Waals surface area contributed by atoms with Gasteiger partial charge in [0.15, 0.2) is 6.61 Å². The van der Waals surface area contributed by atoms with Crippen molar-refractivity contribution in [3.63, 3.8) is 0 Å². The van der Waals surface area contributed by atoms with Crippen LogP contribution in [0.25, 0.3) is 22.1 Å². The van der Waals surface area contributed by atoms with Crippen LogP contribution in [0.2, 0.25) is 10.0 Å². The number of nitrogens with one attached hydrogen (secondary N) is 1. The second-order valence-corrected chi connectivity index (χ2v) is 7.18. The number of amides is 1. The molecular weight excluding hydrogens is 423 g/mol. The fourth-order valence-corrected chi connectivity index (χ4v) is 3.26. The molecule has 30 heavy (non-hydrogen) atoms. The number of hydrogen-bond acceptors (Lipinski definition) is 4. The van der Waals surface area contributed by atoms with Crippen LogP contribution in [0.5, 0.6) is 5.75 Å². The van der Waals surface area contributed by atoms with Gasteiger partial charge in [-0.25, -0.2) is 5.43 Å². The Morgan fingerprint density at radius 1 is 1.00 bits per heavy atom. The topological polar surface area (TPSA) is 63.8 Å². The van der Waals surface area contributed by atoms with E-state index in [1.165, 1.54) is 6.21 Å². The SMILES string of the molecule is O=C(COc1ccc2ccccc2c1)N/N=C\c1ccc(-c2cccc(Cl)c2Cl)o1. The average Bonchev–Trinajstić information content (AvgIpc) is 3.22. The van der Waals surface area contributed by atoms with E-state index >= 15 is 0 Å². The summed E-state index contributed by atoms with van der Waals surface area (Å²) >= 11 is 12.2. The first-order valence-corrected chi connectivity index (χ1v) is 9.83. The molecule has 0 atom stereocenters. The van der Waals surface area contributed by atoms with Gasteiger partial charge < -0.3 is 9.15 Å². The lowest BCUT2D eigenvalue weighted by atomic mass is 10.1. The molecule has 150 valence electrons. The third kappa shape index (κ3) is 4.64. The van der Waals surface area contributed by atoms with E-state index in [9.17, 15) is 4.79 Å². The van der Waals surface area contributed by atoms with Gasteiger partial charge in [-0.2, -0.15) is 5.10 Å². The molecule has 0 aliphatic carbocycles. The van der Waals surface area contributed by atoms with E-state index in [0.29, 0.717) is 32.9 Å². The maximum absolute atomic E-state index is 12.0. The molecule has 4 aromatic rings. The molecule has 3 aromatic carbocycles. The third-order valence-electron chi connectivity index (χ3n) is 4.32. The predicted octanol–water partition coefficient (Wildman–Crippen LogP) is 5.94. The smallest absolute Gasteiger partial charge is 0.277 e. The first-order valence-electron chi connectivity index (χ1n) is 9.08. The highest BCUT2D eigenvalue weighted by Crippen LogP contribution is 2.34. The van der Waals surface area contributed by atoms with Crippen LogP contribution in [-0.4, -0.2) is 18.7 Å². The highest BCUT2D eigenvalue weighted by atomic mass is 35.5. The molecule has 0 fully saturated rings. The van der Waals surface area contributed by atoms with Crippen molar-refractivity contribution in [1.29, 1.82) is 0 Å². The highest BCUT2D eigenvalue weighted by molar-refractivity contribution is 6.43. The van der Waals surface area contributed by atoms with Crippen molar-refractivity contribution in [3.8, 4) is 17.1 Å². The van der Waals surface area contributed by atoms with Gasteiger partial charge in [0.25, 0.3) is 5.91 Å². The average molecular weight is 439 g/mol. The largest absolute Gasteiger partial charge is 0.484 e. The number of benzene rings is 3. The number of fused-ring (bicyclic) bond motifs is 1. The van der Waals surface area contributed by atoms with Crippen LogP contribution >= 0.6 is 23.2 Å². The van der Waals surface area contributed by atoms with Gasteiger partial charge in [-0.3, -0.25) is 4.79 Å². The molecule has 4 rings (SSSR count). The van der Waals surface area contributed by atoms with E-state index in [2.05, 4.69) is 10.5 Å². The van der Waals surface area contributed by atoms with Crippen LogP contribution in [0.1, 0.15) is 5.76 Å². The molecule has 0 radical (unpaired) electrons. The number of ether oxygens (including phenoxy) is 1. The van der Waals surface area contributed by atoms with Gasteiger partial charge in [-0.15, -0.1) is 0 Å². The molecule has 1 heterocycles. The minimum absolute atomic E-state index is 0.156. The lowest BCUT2D eigenvalue weighted by Gasteiger charge is -2.06. The maximum Gasteiger partial charge on any atom is 0.277 e. The second kappa shape index (κ2) is 9.03. The van der Waals surface area contributed by atoms with E-state index in [0.717, 1.165) is 10.8 Å². The van der Waals surface area contributed by atoms with Crippen LogP contribution in [0.15, 0.2) is 82.3 Å². The van der Waals surface area contributed by atoms with E-state index in [1.54, 1.807) is 30.3 Å². The summed E-state index contributed by atoms with van der Waals surface area (Å²) in [5, 5.41) is 6.90. The summed E-state index contributed by atoms with van der Waals surface area (Å²) in [5.41, 5.74) is 3.08. The van der Waals surface area contributed by atoms with Crippen molar-refractivity contribution in [1.82, 2.24) is 5.43 Å². The van der Waals surface area contributed by atoms with Gasteiger partial charge in [0.05, 0.1) is 16.3 Å². The summed E-state index contributed by atoms with van der Waals surface area (Å²) in [6, 6.07) is 22.3. The van der Waals surface area contributed by atoms with E-state index in [-0.39, 0.29) is 12.5 Å². The zero-order chi connectivity index (χ0) is 20.9. The number of carbonyl (C=O) groups is 1. The Labute approximate surface area is 182 Å². The van der Waals surface area contributed by atoms with Crippen molar-refractivity contribution < 1.29 is 13.9 Å². The molecule has 0 saturated heterocycles. The molecule has 0 aliphatic heterocycles. The van der Waals surface area contributed by atoms with Crippen molar-refractivity contribution in [2.24, 2.45) is 5.10 Å². The Balaban J connectivity index is 1.32. The second-order valence-electron chi connectivity index (χ2n) is 6.39. The Kier molecular flexibility index (Phi) is 6.02. The molecule has 1 aromatic heterocycles. The first kappa shape index (κ1) is 20.0. The Morgan fingerprint density at radius 2 is 1.83 bits per heavy atom. The molecule has 0 saturated carbocycles. The van der Waals surface area contributed by atoms with Gasteiger partial charge >= 0.3 is 0 Å². The predicted molar refractivity (Wildman–Crippen MR) is 119 cm³/mol. The van der Waals surface area contributed by atoms with Crippen molar-refractivity contribution in [2.75, 3.05) is 6.61 Å². The molecule has 5 nitrogen and oxygen atoms in total. The first-order chi connectivity index (χ1) is 14.6. The van der Waals surface area contributed by atoms with Crippen molar-refractivity contribution in [2.45, 2.75) is 0 Å². The summed E-state index contributed by atoms with van der Waals surface area (Å²) in [6.45, 7) is -0.156. The maximum atomic E-state index is 12.0. The normalized spacial score (nSPS) is 11.1. The van der Waals surface area contributed by atoms with Crippen LogP contribution in [0.3, 0.4) is 0 Å². The summed E-state index contributed by atoms with van der Waals surface area (Å²) in [7, 11) is 0. The quantitative estimate of drug-likeness (QED) is 0.299. The molecule has 0 bridgehead atoms. The lowest BCUT2D eigenvalue weighted by molar-refractivity contribution is -0.123. The zero-order valence-electron chi connectivity index (χ0n) is 15.6. The fourth-order valence-electron chi connectivity index (χ4n) is 2.87. The van der Waals surface area contributed by atoms with Gasteiger partial charge in [0, 0.05) is 5.56 Å². The van der Waals surface area contributed by atoms with Gasteiger partial charge in [0.1, 0.15) is 17.3 Å². The van der Waals surface area contributed by atoms with Crippen molar-refractivity contribution in [3.05, 3.63) is 88.6 Å². The minimum atomic E-state index is -0.385. The molecule has 1 N–H and O–H groups in total. The third-order valence-corrected chi connectivity index (χ3v) is 5.13. The number of nitrogens with zero attached hydrogens (tertiary/aromatic N) is 1. The molecule has 1 amide bonds. The monoisotopic (exact) mass is 438 g/mol. The van der Waals surface area contributed by atoms with Crippen LogP contribution in [0.4, 0.5) is 0 Å². The van der Waals surface area contributed by atoms with Crippen molar-refractivity contribution >= 4 is 46.1 Å². The Bertz CT molecular complexity index is 1230. The lowest BCUT2D eigenvalue weighted by Crippen LogP contribution is -2.24. The summed E-state index contributed by atoms with van der Waals surface area (Å²) in [5.74, 6) is 1.23. The molecule has 0 unspecified atom stereocenters.